The lowest BCUT2D eigenvalue weighted by Crippen LogP contribution is -2.62. The van der Waals surface area contributed by atoms with Crippen LogP contribution >= 0.6 is 11.3 Å². The molecule has 3 aliphatic rings. The molecule has 0 N–H and O–H groups in total. The van der Waals surface area contributed by atoms with E-state index in [1.807, 2.05) is 21.7 Å². The maximum atomic E-state index is 12.5. The fourth-order valence-electron chi connectivity index (χ4n) is 3.82. The van der Waals surface area contributed by atoms with E-state index >= 15 is 0 Å². The molecular weight excluding hydrogens is 296 g/mol. The Labute approximate surface area is 136 Å². The van der Waals surface area contributed by atoms with Crippen LogP contribution in [0.5, 0.6) is 0 Å². The van der Waals surface area contributed by atoms with Crippen molar-refractivity contribution in [2.75, 3.05) is 39.4 Å². The van der Waals surface area contributed by atoms with Crippen LogP contribution < -0.4 is 0 Å². The highest BCUT2D eigenvalue weighted by molar-refractivity contribution is 7.08. The van der Waals surface area contributed by atoms with Crippen molar-refractivity contribution in [3.8, 4) is 0 Å². The van der Waals surface area contributed by atoms with E-state index in [2.05, 4.69) is 4.90 Å². The summed E-state index contributed by atoms with van der Waals surface area (Å²) in [4.78, 5) is 17.2. The second kappa shape index (κ2) is 5.95. The Morgan fingerprint density at radius 3 is 2.82 bits per heavy atom. The highest BCUT2D eigenvalue weighted by atomic mass is 32.1. The Bertz CT molecular complexity index is 519. The van der Waals surface area contributed by atoms with E-state index in [0.29, 0.717) is 0 Å². The molecule has 2 aliphatic heterocycles. The largest absolute Gasteiger partial charge is 0.378 e. The second-order valence-corrected chi connectivity index (χ2v) is 7.75. The zero-order chi connectivity index (χ0) is 15.0. The number of carbonyl (C=O) groups is 1. The third-order valence-electron chi connectivity index (χ3n) is 5.47. The Balaban J connectivity index is 1.41. The molecule has 3 heterocycles. The SMILES string of the molecule is O=C(c1ccsc1)N1CCC2(CC1)COCCN2CC1CC1. The predicted octanol–water partition coefficient (Wildman–Crippen LogP) is 2.47. The van der Waals surface area contributed by atoms with Gasteiger partial charge in [-0.2, -0.15) is 11.3 Å². The van der Waals surface area contributed by atoms with Gasteiger partial charge in [0, 0.05) is 37.1 Å². The standard InChI is InChI=1S/C17H24N2O2S/c20-16(15-3-10-22-12-15)18-6-4-17(5-7-18)13-21-9-8-19(17)11-14-1-2-14/h3,10,12,14H,1-2,4-9,11,13H2. The van der Waals surface area contributed by atoms with E-state index in [9.17, 15) is 4.79 Å². The summed E-state index contributed by atoms with van der Waals surface area (Å²) in [5, 5.41) is 3.93. The number of carbonyl (C=O) groups excluding carboxylic acids is 1. The van der Waals surface area contributed by atoms with Crippen LogP contribution in [-0.4, -0.2) is 60.6 Å². The minimum absolute atomic E-state index is 0.187. The van der Waals surface area contributed by atoms with E-state index in [-0.39, 0.29) is 11.4 Å². The number of piperidine rings is 1. The minimum Gasteiger partial charge on any atom is -0.378 e. The van der Waals surface area contributed by atoms with Crippen molar-refractivity contribution < 1.29 is 9.53 Å². The Kier molecular flexibility index (Phi) is 3.96. The number of likely N-dealkylation sites (tertiary alicyclic amines) is 1. The van der Waals surface area contributed by atoms with Crippen molar-refractivity contribution in [3.63, 3.8) is 0 Å². The lowest BCUT2D eigenvalue weighted by molar-refractivity contribution is -0.0932. The molecule has 0 bridgehead atoms. The molecule has 4 nitrogen and oxygen atoms in total. The molecule has 5 heteroatoms. The molecule has 1 aliphatic carbocycles. The number of thiophene rings is 1. The van der Waals surface area contributed by atoms with Gasteiger partial charge in [0.2, 0.25) is 0 Å². The van der Waals surface area contributed by atoms with Crippen LogP contribution in [0, 0.1) is 5.92 Å². The molecule has 22 heavy (non-hydrogen) atoms. The Hall–Kier alpha value is -0.910. The molecule has 3 fully saturated rings. The average molecular weight is 320 g/mol. The minimum atomic E-state index is 0.187. The van der Waals surface area contributed by atoms with Gasteiger partial charge in [0.15, 0.2) is 0 Å². The molecule has 2 saturated heterocycles. The molecule has 0 aromatic carbocycles. The van der Waals surface area contributed by atoms with Crippen LogP contribution in [0.4, 0.5) is 0 Å². The van der Waals surface area contributed by atoms with Gasteiger partial charge >= 0.3 is 0 Å². The second-order valence-electron chi connectivity index (χ2n) is 6.97. The van der Waals surface area contributed by atoms with Crippen molar-refractivity contribution in [3.05, 3.63) is 22.4 Å². The third-order valence-corrected chi connectivity index (χ3v) is 6.16. The number of morpholine rings is 1. The van der Waals surface area contributed by atoms with Crippen molar-refractivity contribution >= 4 is 17.2 Å². The first-order valence-corrected chi connectivity index (χ1v) is 9.35. The van der Waals surface area contributed by atoms with Gasteiger partial charge in [0.05, 0.1) is 18.8 Å². The Morgan fingerprint density at radius 2 is 2.14 bits per heavy atom. The lowest BCUT2D eigenvalue weighted by Gasteiger charge is -2.51. The molecule has 0 atom stereocenters. The first kappa shape index (κ1) is 14.7. The van der Waals surface area contributed by atoms with Crippen LogP contribution in [0.25, 0.3) is 0 Å². The normalized spacial score (nSPS) is 25.5. The topological polar surface area (TPSA) is 32.8 Å². The number of ether oxygens (including phenoxy) is 1. The summed E-state index contributed by atoms with van der Waals surface area (Å²) < 4.78 is 5.82. The summed E-state index contributed by atoms with van der Waals surface area (Å²) in [6, 6.07) is 1.93. The van der Waals surface area contributed by atoms with Crippen molar-refractivity contribution in [2.24, 2.45) is 5.92 Å². The zero-order valence-corrected chi connectivity index (χ0v) is 13.8. The fraction of sp³-hybridized carbons (Fsp3) is 0.706. The van der Waals surface area contributed by atoms with Crippen molar-refractivity contribution in [1.82, 2.24) is 9.80 Å². The van der Waals surface area contributed by atoms with E-state index in [4.69, 9.17) is 4.74 Å². The van der Waals surface area contributed by atoms with Crippen LogP contribution in [0.1, 0.15) is 36.0 Å². The maximum Gasteiger partial charge on any atom is 0.254 e. The Morgan fingerprint density at radius 1 is 1.32 bits per heavy atom. The van der Waals surface area contributed by atoms with Crippen molar-refractivity contribution in [1.29, 1.82) is 0 Å². The summed E-state index contributed by atoms with van der Waals surface area (Å²) in [5.41, 5.74) is 1.03. The van der Waals surface area contributed by atoms with E-state index in [0.717, 1.165) is 57.2 Å². The molecule has 120 valence electrons. The lowest BCUT2D eigenvalue weighted by atomic mass is 9.85. The maximum absolute atomic E-state index is 12.5. The molecule has 1 spiro atoms. The molecule has 1 aromatic rings. The molecular formula is C17H24N2O2S. The molecule has 1 saturated carbocycles. The van der Waals surface area contributed by atoms with Gasteiger partial charge in [-0.25, -0.2) is 0 Å². The number of hydrogen-bond donors (Lipinski definition) is 0. The quantitative estimate of drug-likeness (QED) is 0.858. The van der Waals surface area contributed by atoms with Gasteiger partial charge in [-0.05, 0) is 43.0 Å². The number of nitrogens with zero attached hydrogens (tertiary/aromatic N) is 2. The summed E-state index contributed by atoms with van der Waals surface area (Å²) in [5.74, 6) is 1.11. The predicted molar refractivity (Wildman–Crippen MR) is 87.3 cm³/mol. The van der Waals surface area contributed by atoms with Crippen LogP contribution in [0.3, 0.4) is 0 Å². The summed E-state index contributed by atoms with van der Waals surface area (Å²) in [7, 11) is 0. The summed E-state index contributed by atoms with van der Waals surface area (Å²) in [6.45, 7) is 5.74. The number of rotatable bonds is 3. The molecule has 4 rings (SSSR count). The van der Waals surface area contributed by atoms with Gasteiger partial charge in [0.1, 0.15) is 0 Å². The van der Waals surface area contributed by atoms with Gasteiger partial charge in [-0.3, -0.25) is 9.69 Å². The smallest absolute Gasteiger partial charge is 0.254 e. The van der Waals surface area contributed by atoms with Gasteiger partial charge < -0.3 is 9.64 Å². The van der Waals surface area contributed by atoms with Crippen LogP contribution in [0.2, 0.25) is 0 Å². The van der Waals surface area contributed by atoms with E-state index < -0.39 is 0 Å². The van der Waals surface area contributed by atoms with Crippen LogP contribution in [-0.2, 0) is 4.74 Å². The summed E-state index contributed by atoms with van der Waals surface area (Å²) in [6.07, 6.45) is 4.90. The molecule has 1 aromatic heterocycles. The van der Waals surface area contributed by atoms with Crippen molar-refractivity contribution in [2.45, 2.75) is 31.2 Å². The van der Waals surface area contributed by atoms with E-state index in [1.165, 1.54) is 19.4 Å². The van der Waals surface area contributed by atoms with Gasteiger partial charge in [-0.1, -0.05) is 0 Å². The fourth-order valence-corrected chi connectivity index (χ4v) is 4.45. The van der Waals surface area contributed by atoms with Crippen LogP contribution in [0.15, 0.2) is 16.8 Å². The molecule has 0 unspecified atom stereocenters. The van der Waals surface area contributed by atoms with Gasteiger partial charge in [0.25, 0.3) is 5.91 Å². The van der Waals surface area contributed by atoms with E-state index in [1.54, 1.807) is 11.3 Å². The van der Waals surface area contributed by atoms with Gasteiger partial charge in [-0.15, -0.1) is 0 Å². The first-order valence-electron chi connectivity index (χ1n) is 8.41. The third kappa shape index (κ3) is 2.82. The summed E-state index contributed by atoms with van der Waals surface area (Å²) >= 11 is 1.59. The molecule has 1 amide bonds. The molecule has 0 radical (unpaired) electrons. The number of hydrogen-bond acceptors (Lipinski definition) is 4. The highest BCUT2D eigenvalue weighted by Gasteiger charge is 2.44. The average Bonchev–Trinajstić information content (AvgIpc) is 3.20. The highest BCUT2D eigenvalue weighted by Crippen LogP contribution is 2.37. The first-order chi connectivity index (χ1) is 10.8. The zero-order valence-electron chi connectivity index (χ0n) is 13.0. The monoisotopic (exact) mass is 320 g/mol. The number of amides is 1.